The molecule has 0 radical (unpaired) electrons. The van der Waals surface area contributed by atoms with Crippen LogP contribution in [-0.2, 0) is 0 Å². The Morgan fingerprint density at radius 3 is 3.07 bits per heavy atom. The van der Waals surface area contributed by atoms with Crippen LogP contribution >= 0.6 is 11.3 Å². The number of nitrogens with zero attached hydrogens (tertiary/aromatic N) is 1. The second kappa shape index (κ2) is 5.62. The standard InChI is InChI=1S/C9H15N3OS/c1-2-7(8-4-3-5-14-8)11-6-9(10)12-13/h3-5,7,11,13H,2,6H2,1H3,(H2,10,12). The number of nitrogens with one attached hydrogen (secondary N) is 1. The number of hydrogen-bond donors (Lipinski definition) is 3. The van der Waals surface area contributed by atoms with E-state index in [9.17, 15) is 0 Å². The second-order valence-corrected chi connectivity index (χ2v) is 3.93. The van der Waals surface area contributed by atoms with Gasteiger partial charge >= 0.3 is 0 Å². The molecule has 1 unspecified atom stereocenters. The average molecular weight is 213 g/mol. The molecular weight excluding hydrogens is 198 g/mol. The van der Waals surface area contributed by atoms with Gasteiger partial charge in [-0.25, -0.2) is 0 Å². The number of hydrogen-bond acceptors (Lipinski definition) is 4. The molecule has 1 aromatic heterocycles. The molecule has 0 aliphatic carbocycles. The van der Waals surface area contributed by atoms with Gasteiger partial charge in [-0.15, -0.1) is 11.3 Å². The lowest BCUT2D eigenvalue weighted by molar-refractivity contribution is 0.316. The van der Waals surface area contributed by atoms with Crippen LogP contribution in [0.3, 0.4) is 0 Å². The summed E-state index contributed by atoms with van der Waals surface area (Å²) in [5, 5.41) is 16.5. The van der Waals surface area contributed by atoms with E-state index in [0.717, 1.165) is 6.42 Å². The Morgan fingerprint density at radius 1 is 1.79 bits per heavy atom. The highest BCUT2D eigenvalue weighted by atomic mass is 32.1. The molecule has 0 saturated heterocycles. The maximum Gasteiger partial charge on any atom is 0.153 e. The lowest BCUT2D eigenvalue weighted by Crippen LogP contribution is -2.31. The Kier molecular flexibility index (Phi) is 4.42. The number of thiophene rings is 1. The van der Waals surface area contributed by atoms with Gasteiger partial charge in [-0.1, -0.05) is 18.1 Å². The van der Waals surface area contributed by atoms with Crippen molar-refractivity contribution in [1.29, 1.82) is 0 Å². The van der Waals surface area contributed by atoms with Crippen LogP contribution in [0.2, 0.25) is 0 Å². The summed E-state index contributed by atoms with van der Waals surface area (Å²) in [6.45, 7) is 2.51. The van der Waals surface area contributed by atoms with E-state index in [4.69, 9.17) is 10.9 Å². The first-order valence-electron chi connectivity index (χ1n) is 4.51. The van der Waals surface area contributed by atoms with Gasteiger partial charge in [-0.05, 0) is 17.9 Å². The third kappa shape index (κ3) is 3.01. The highest BCUT2D eigenvalue weighted by molar-refractivity contribution is 7.10. The van der Waals surface area contributed by atoms with E-state index >= 15 is 0 Å². The fraction of sp³-hybridized carbons (Fsp3) is 0.444. The van der Waals surface area contributed by atoms with Crippen LogP contribution in [0.15, 0.2) is 22.7 Å². The monoisotopic (exact) mass is 213 g/mol. The Balaban J connectivity index is 2.48. The quantitative estimate of drug-likeness (QED) is 0.301. The third-order valence-corrected chi connectivity index (χ3v) is 2.94. The molecule has 0 saturated carbocycles. The zero-order valence-corrected chi connectivity index (χ0v) is 8.92. The number of rotatable bonds is 5. The van der Waals surface area contributed by atoms with Crippen LogP contribution < -0.4 is 11.1 Å². The Labute approximate surface area is 87.4 Å². The predicted octanol–water partition coefficient (Wildman–Crippen LogP) is 1.54. The van der Waals surface area contributed by atoms with Crippen molar-refractivity contribution in [2.24, 2.45) is 10.9 Å². The van der Waals surface area contributed by atoms with Gasteiger partial charge in [0.1, 0.15) is 0 Å². The van der Waals surface area contributed by atoms with E-state index in [1.807, 2.05) is 11.4 Å². The zero-order valence-electron chi connectivity index (χ0n) is 8.10. The molecule has 1 aromatic rings. The van der Waals surface area contributed by atoms with Crippen LogP contribution in [0.1, 0.15) is 24.3 Å². The van der Waals surface area contributed by atoms with Crippen molar-refractivity contribution in [3.63, 3.8) is 0 Å². The van der Waals surface area contributed by atoms with Gasteiger partial charge in [-0.2, -0.15) is 0 Å². The zero-order chi connectivity index (χ0) is 10.4. The average Bonchev–Trinajstić information content (AvgIpc) is 2.72. The molecule has 1 atom stereocenters. The van der Waals surface area contributed by atoms with Crippen molar-refractivity contribution < 1.29 is 5.21 Å². The maximum atomic E-state index is 8.38. The van der Waals surface area contributed by atoms with Gasteiger partial charge in [0.05, 0.1) is 6.54 Å². The van der Waals surface area contributed by atoms with Gasteiger partial charge in [0, 0.05) is 10.9 Å². The Morgan fingerprint density at radius 2 is 2.57 bits per heavy atom. The van der Waals surface area contributed by atoms with Crippen molar-refractivity contribution in [3.05, 3.63) is 22.4 Å². The molecule has 1 rings (SSSR count). The molecule has 0 bridgehead atoms. The fourth-order valence-corrected chi connectivity index (χ4v) is 2.08. The first kappa shape index (κ1) is 11.0. The number of amidine groups is 1. The summed E-state index contributed by atoms with van der Waals surface area (Å²) >= 11 is 1.71. The minimum atomic E-state index is 0.208. The first-order chi connectivity index (χ1) is 6.77. The summed E-state index contributed by atoms with van der Waals surface area (Å²) in [5.41, 5.74) is 5.37. The van der Waals surface area contributed by atoms with Crippen molar-refractivity contribution in [1.82, 2.24) is 5.32 Å². The molecule has 14 heavy (non-hydrogen) atoms. The van der Waals surface area contributed by atoms with Crippen molar-refractivity contribution in [2.75, 3.05) is 6.54 Å². The minimum Gasteiger partial charge on any atom is -0.409 e. The molecule has 0 fully saturated rings. The molecule has 1 heterocycles. The summed E-state index contributed by atoms with van der Waals surface area (Å²) < 4.78 is 0. The normalized spacial score (nSPS) is 14.2. The summed E-state index contributed by atoms with van der Waals surface area (Å²) in [6.07, 6.45) is 0.985. The van der Waals surface area contributed by atoms with E-state index in [-0.39, 0.29) is 11.9 Å². The van der Waals surface area contributed by atoms with Crippen LogP contribution in [0.5, 0.6) is 0 Å². The van der Waals surface area contributed by atoms with Crippen molar-refractivity contribution >= 4 is 17.2 Å². The first-order valence-corrected chi connectivity index (χ1v) is 5.39. The van der Waals surface area contributed by atoms with E-state index in [0.29, 0.717) is 6.54 Å². The van der Waals surface area contributed by atoms with E-state index in [1.165, 1.54) is 4.88 Å². The lowest BCUT2D eigenvalue weighted by Gasteiger charge is -2.14. The summed E-state index contributed by atoms with van der Waals surface area (Å²) in [6, 6.07) is 4.39. The minimum absolute atomic E-state index is 0.208. The highest BCUT2D eigenvalue weighted by Crippen LogP contribution is 2.21. The Bertz CT molecular complexity index is 284. The topological polar surface area (TPSA) is 70.6 Å². The smallest absolute Gasteiger partial charge is 0.153 e. The lowest BCUT2D eigenvalue weighted by atomic mass is 10.2. The van der Waals surface area contributed by atoms with E-state index in [1.54, 1.807) is 11.3 Å². The largest absolute Gasteiger partial charge is 0.409 e. The number of nitrogens with two attached hydrogens (primary N) is 1. The van der Waals surface area contributed by atoms with Crippen LogP contribution in [0, 0.1) is 0 Å². The van der Waals surface area contributed by atoms with E-state index < -0.39 is 0 Å². The molecule has 5 heteroatoms. The second-order valence-electron chi connectivity index (χ2n) is 2.95. The number of oxime groups is 1. The van der Waals surface area contributed by atoms with Crippen molar-refractivity contribution in [2.45, 2.75) is 19.4 Å². The summed E-state index contributed by atoms with van der Waals surface area (Å²) in [7, 11) is 0. The molecule has 0 spiro atoms. The SMILES string of the molecule is CCC(NCC(N)=NO)c1cccs1. The van der Waals surface area contributed by atoms with Gasteiger partial charge in [0.15, 0.2) is 5.84 Å². The fourth-order valence-electron chi connectivity index (χ4n) is 1.20. The van der Waals surface area contributed by atoms with E-state index in [2.05, 4.69) is 23.5 Å². The highest BCUT2D eigenvalue weighted by Gasteiger charge is 2.09. The molecule has 0 aliphatic heterocycles. The van der Waals surface area contributed by atoms with Gasteiger partial charge in [0.2, 0.25) is 0 Å². The third-order valence-electron chi connectivity index (χ3n) is 1.95. The molecule has 0 amide bonds. The molecule has 0 aromatic carbocycles. The van der Waals surface area contributed by atoms with Crippen LogP contribution in [0.25, 0.3) is 0 Å². The summed E-state index contributed by atoms with van der Waals surface area (Å²) in [4.78, 5) is 1.28. The van der Waals surface area contributed by atoms with Gasteiger partial charge < -0.3 is 16.3 Å². The molecule has 0 aliphatic rings. The van der Waals surface area contributed by atoms with Crippen molar-refractivity contribution in [3.8, 4) is 0 Å². The van der Waals surface area contributed by atoms with Crippen LogP contribution in [0.4, 0.5) is 0 Å². The molecule has 78 valence electrons. The summed E-state index contributed by atoms with van der Waals surface area (Å²) in [5.74, 6) is 0.208. The predicted molar refractivity (Wildman–Crippen MR) is 58.8 cm³/mol. The van der Waals surface area contributed by atoms with Gasteiger partial charge in [0.25, 0.3) is 0 Å². The maximum absolute atomic E-state index is 8.38. The van der Waals surface area contributed by atoms with Crippen LogP contribution in [-0.4, -0.2) is 17.6 Å². The molecular formula is C9H15N3OS. The van der Waals surface area contributed by atoms with Gasteiger partial charge in [-0.3, -0.25) is 0 Å². The molecule has 4 N–H and O–H groups in total. The molecule has 4 nitrogen and oxygen atoms in total. The Hall–Kier alpha value is -1.07.